The Hall–Kier alpha value is -1.22. The Bertz CT molecular complexity index is 397. The third-order valence-electron chi connectivity index (χ3n) is 3.79. The summed E-state index contributed by atoms with van der Waals surface area (Å²) in [4.78, 5) is 23.0. The molecule has 0 fully saturated rings. The number of ether oxygens (including phenoxy) is 5. The highest BCUT2D eigenvalue weighted by molar-refractivity contribution is 5.70. The molecule has 0 saturated carbocycles. The molecule has 0 radical (unpaired) electrons. The van der Waals surface area contributed by atoms with Gasteiger partial charge in [0.2, 0.25) is 0 Å². The first-order valence-electron chi connectivity index (χ1n) is 10.4. The zero-order chi connectivity index (χ0) is 21.3. The molecule has 0 atom stereocenters. The molecule has 0 rings (SSSR count). The molecule has 0 amide bonds. The summed E-state index contributed by atoms with van der Waals surface area (Å²) in [5.41, 5.74) is 0. The minimum absolute atomic E-state index is 0.0121. The van der Waals surface area contributed by atoms with Gasteiger partial charge in [-0.05, 0) is 39.5 Å². The van der Waals surface area contributed by atoms with E-state index >= 15 is 0 Å². The van der Waals surface area contributed by atoms with E-state index in [0.29, 0.717) is 26.1 Å². The number of hydrogen-bond acceptors (Lipinski definition) is 7. The molecule has 1 N–H and O–H groups in total. The number of carbonyl (C=O) groups is 2. The van der Waals surface area contributed by atoms with Gasteiger partial charge in [0.1, 0.15) is 0 Å². The number of unbranched alkanes of at least 4 members (excludes halogenated alkanes) is 3. The molecule has 8 nitrogen and oxygen atoms in total. The summed E-state index contributed by atoms with van der Waals surface area (Å²) in [7, 11) is 0. The summed E-state index contributed by atoms with van der Waals surface area (Å²) in [6.45, 7) is 8.94. The maximum absolute atomic E-state index is 12.4. The van der Waals surface area contributed by atoms with Crippen molar-refractivity contribution in [3.8, 4) is 0 Å². The highest BCUT2D eigenvalue weighted by Crippen LogP contribution is 2.26. The van der Waals surface area contributed by atoms with Crippen molar-refractivity contribution >= 4 is 11.9 Å². The van der Waals surface area contributed by atoms with Crippen molar-refractivity contribution in [1.82, 2.24) is 0 Å². The number of hydrogen-bond donors (Lipinski definition) is 1. The quantitative estimate of drug-likeness (QED) is 0.196. The third-order valence-corrected chi connectivity index (χ3v) is 3.79. The fourth-order valence-corrected chi connectivity index (χ4v) is 2.36. The van der Waals surface area contributed by atoms with Gasteiger partial charge in [-0.1, -0.05) is 26.7 Å². The predicted octanol–water partition coefficient (Wildman–Crippen LogP) is 3.86. The number of esters is 1. The number of carbonyl (C=O) groups excluding carboxylic acids is 1. The summed E-state index contributed by atoms with van der Waals surface area (Å²) in [5, 5.41) is 8.69. The van der Waals surface area contributed by atoms with Crippen LogP contribution in [0.4, 0.5) is 0 Å². The number of rotatable bonds is 19. The van der Waals surface area contributed by atoms with Gasteiger partial charge in [-0.15, -0.1) is 0 Å². The zero-order valence-electron chi connectivity index (χ0n) is 17.9. The van der Waals surface area contributed by atoms with Crippen LogP contribution in [0.1, 0.15) is 79.1 Å². The average Bonchev–Trinajstić information content (AvgIpc) is 2.64. The third kappa shape index (κ3) is 11.6. The summed E-state index contributed by atoms with van der Waals surface area (Å²) in [5.74, 6) is -3.22. The second-order valence-electron chi connectivity index (χ2n) is 6.33. The SMILES string of the molecule is CCCCOC(OCCCC)C(OCC)(OCC)OC(=O)CCCCC(=O)O. The molecule has 28 heavy (non-hydrogen) atoms. The van der Waals surface area contributed by atoms with E-state index in [1.54, 1.807) is 13.8 Å². The molecule has 0 heterocycles. The van der Waals surface area contributed by atoms with Crippen LogP contribution in [0, 0.1) is 0 Å². The van der Waals surface area contributed by atoms with Gasteiger partial charge in [0.05, 0.1) is 26.4 Å². The van der Waals surface area contributed by atoms with Gasteiger partial charge in [-0.25, -0.2) is 0 Å². The lowest BCUT2D eigenvalue weighted by Crippen LogP contribution is -2.54. The predicted molar refractivity (Wildman–Crippen MR) is 104 cm³/mol. The van der Waals surface area contributed by atoms with Crippen LogP contribution in [0.3, 0.4) is 0 Å². The highest BCUT2D eigenvalue weighted by Gasteiger charge is 2.47. The first kappa shape index (κ1) is 26.8. The van der Waals surface area contributed by atoms with Gasteiger partial charge < -0.3 is 28.8 Å². The second-order valence-corrected chi connectivity index (χ2v) is 6.33. The van der Waals surface area contributed by atoms with Crippen molar-refractivity contribution in [3.05, 3.63) is 0 Å². The summed E-state index contributed by atoms with van der Waals surface area (Å²) in [6, 6.07) is 0. The Balaban J connectivity index is 5.17. The zero-order valence-corrected chi connectivity index (χ0v) is 17.9. The van der Waals surface area contributed by atoms with Gasteiger partial charge in [0, 0.05) is 12.8 Å². The molecule has 166 valence electrons. The Labute approximate surface area is 168 Å². The minimum atomic E-state index is -1.78. The first-order chi connectivity index (χ1) is 13.5. The van der Waals surface area contributed by atoms with Crippen LogP contribution in [0.2, 0.25) is 0 Å². The van der Waals surface area contributed by atoms with Gasteiger partial charge in [0.25, 0.3) is 6.29 Å². The van der Waals surface area contributed by atoms with Crippen molar-refractivity contribution < 1.29 is 38.4 Å². The number of aliphatic carboxylic acids is 1. The number of carboxylic acids is 1. The smallest absolute Gasteiger partial charge is 0.383 e. The van der Waals surface area contributed by atoms with Crippen LogP contribution >= 0.6 is 0 Å². The molecule has 0 spiro atoms. The highest BCUT2D eigenvalue weighted by atomic mass is 16.9. The number of carboxylic acid groups (broad SMARTS) is 1. The van der Waals surface area contributed by atoms with E-state index in [4.69, 9.17) is 28.8 Å². The molecule has 0 aliphatic heterocycles. The first-order valence-corrected chi connectivity index (χ1v) is 10.4. The second kappa shape index (κ2) is 16.7. The van der Waals surface area contributed by atoms with Gasteiger partial charge in [-0.3, -0.25) is 9.59 Å². The molecular weight excluding hydrogens is 368 g/mol. The van der Waals surface area contributed by atoms with Crippen molar-refractivity contribution in [2.75, 3.05) is 26.4 Å². The van der Waals surface area contributed by atoms with Gasteiger partial charge in [0.15, 0.2) is 0 Å². The fourth-order valence-electron chi connectivity index (χ4n) is 2.36. The van der Waals surface area contributed by atoms with E-state index in [0.717, 1.165) is 25.7 Å². The lowest BCUT2D eigenvalue weighted by atomic mass is 10.2. The topological polar surface area (TPSA) is 101 Å². The maximum atomic E-state index is 12.4. The molecule has 0 aliphatic carbocycles. The van der Waals surface area contributed by atoms with E-state index < -0.39 is 24.2 Å². The standard InChI is InChI=1S/C20H38O8/c1-5-9-15-24-19(25-16-10-6-2)20(26-7-3,27-8-4)28-18(23)14-12-11-13-17(21)22/h19H,5-16H2,1-4H3,(H,21,22). The van der Waals surface area contributed by atoms with Crippen LogP contribution in [0.25, 0.3) is 0 Å². The normalized spacial score (nSPS) is 11.8. The molecule has 0 bridgehead atoms. The van der Waals surface area contributed by atoms with E-state index in [-0.39, 0.29) is 26.1 Å². The van der Waals surface area contributed by atoms with Crippen LogP contribution in [0.15, 0.2) is 0 Å². The Kier molecular flexibility index (Phi) is 16.0. The lowest BCUT2D eigenvalue weighted by Gasteiger charge is -2.37. The molecule has 0 aromatic heterocycles. The van der Waals surface area contributed by atoms with Crippen molar-refractivity contribution in [3.63, 3.8) is 0 Å². The van der Waals surface area contributed by atoms with Crippen LogP contribution in [-0.4, -0.2) is 55.7 Å². The van der Waals surface area contributed by atoms with E-state index in [1.165, 1.54) is 0 Å². The molecule has 0 aromatic rings. The van der Waals surface area contributed by atoms with Crippen molar-refractivity contribution in [1.29, 1.82) is 0 Å². The minimum Gasteiger partial charge on any atom is -0.481 e. The lowest BCUT2D eigenvalue weighted by molar-refractivity contribution is -0.440. The maximum Gasteiger partial charge on any atom is 0.383 e. The Morgan fingerprint density at radius 3 is 1.75 bits per heavy atom. The van der Waals surface area contributed by atoms with Crippen molar-refractivity contribution in [2.45, 2.75) is 91.3 Å². The van der Waals surface area contributed by atoms with Crippen LogP contribution in [-0.2, 0) is 33.3 Å². The van der Waals surface area contributed by atoms with E-state index in [2.05, 4.69) is 0 Å². The molecular formula is C20H38O8. The summed E-state index contributed by atoms with van der Waals surface area (Å²) < 4.78 is 28.6. The fraction of sp³-hybridized carbons (Fsp3) is 0.900. The average molecular weight is 407 g/mol. The Morgan fingerprint density at radius 2 is 1.32 bits per heavy atom. The molecule has 8 heteroatoms. The monoisotopic (exact) mass is 406 g/mol. The molecule has 0 unspecified atom stereocenters. The van der Waals surface area contributed by atoms with Crippen LogP contribution < -0.4 is 0 Å². The summed E-state index contributed by atoms with van der Waals surface area (Å²) in [6.07, 6.45) is 3.40. The molecule has 0 aromatic carbocycles. The Morgan fingerprint density at radius 1 is 0.821 bits per heavy atom. The van der Waals surface area contributed by atoms with Crippen LogP contribution in [0.5, 0.6) is 0 Å². The molecule has 0 saturated heterocycles. The molecule has 0 aliphatic rings. The summed E-state index contributed by atoms with van der Waals surface area (Å²) >= 11 is 0. The van der Waals surface area contributed by atoms with Crippen molar-refractivity contribution in [2.24, 2.45) is 0 Å². The van der Waals surface area contributed by atoms with Gasteiger partial charge in [-0.2, -0.15) is 0 Å². The largest absolute Gasteiger partial charge is 0.481 e. The van der Waals surface area contributed by atoms with E-state index in [1.807, 2.05) is 13.8 Å². The van der Waals surface area contributed by atoms with Gasteiger partial charge >= 0.3 is 17.9 Å². The van der Waals surface area contributed by atoms with E-state index in [9.17, 15) is 9.59 Å².